The van der Waals surface area contributed by atoms with Crippen molar-refractivity contribution in [2.24, 2.45) is 0 Å². The van der Waals surface area contributed by atoms with Crippen molar-refractivity contribution in [3.8, 4) is 0 Å². The molecule has 1 N–H and O–H groups in total. The van der Waals surface area contributed by atoms with E-state index < -0.39 is 73.2 Å². The summed E-state index contributed by atoms with van der Waals surface area (Å²) in [6.45, 7) is 3.22. The Hall–Kier alpha value is -2.90. The Balaban J connectivity index is 3.39. The van der Waals surface area contributed by atoms with Crippen LogP contribution in [0.4, 0.5) is 13.2 Å². The Morgan fingerprint density at radius 1 is 0.833 bits per heavy atom. The number of hydrogen-bond acceptors (Lipinski definition) is 10. The quantitative estimate of drug-likeness (QED) is 0.431. The van der Waals surface area contributed by atoms with Crippen molar-refractivity contribution in [3.05, 3.63) is 0 Å². The summed E-state index contributed by atoms with van der Waals surface area (Å²) in [6, 6.07) is -1.91. The van der Waals surface area contributed by atoms with Crippen molar-refractivity contribution in [2.45, 2.75) is 64.5 Å². The van der Waals surface area contributed by atoms with E-state index in [4.69, 9.17) is 23.7 Å². The molecule has 0 radical (unpaired) electrons. The van der Waals surface area contributed by atoms with Gasteiger partial charge in [0.25, 0.3) is 0 Å². The molecule has 5 atom stereocenters. The fourth-order valence-corrected chi connectivity index (χ4v) is 2.55. The molecule has 14 heteroatoms. The maximum Gasteiger partial charge on any atom is 0.471 e. The highest BCUT2D eigenvalue weighted by Gasteiger charge is 2.54. The first kappa shape index (κ1) is 25.1. The molecular weight excluding hydrogens is 423 g/mol. The van der Waals surface area contributed by atoms with Crippen LogP contribution in [0.25, 0.3) is 0 Å². The molecule has 0 unspecified atom stereocenters. The third-order valence-corrected chi connectivity index (χ3v) is 3.54. The average Bonchev–Trinajstić information content (AvgIpc) is 2.56. The standard InChI is InChI=1S/C16H20F3NO10/c1-6(21)26-5-10-12(27-7(2)22)13(28-8(3)23)11(14(30-10)29-9(4)24)20-15(25)16(17,18)19/h10-14H,5H2,1-4H3,(H,20,25)/t10-,11+,12+,13-,14-/m0/s1. The number of carbonyl (C=O) groups is 5. The lowest BCUT2D eigenvalue weighted by atomic mass is 9.96. The van der Waals surface area contributed by atoms with Crippen LogP contribution in [0.15, 0.2) is 0 Å². The smallest absolute Gasteiger partial charge is 0.463 e. The van der Waals surface area contributed by atoms with Gasteiger partial charge in [-0.1, -0.05) is 0 Å². The SMILES string of the molecule is CC(=O)OC[C@@H]1O[C@H](OC(C)=O)[C@H](NC(=O)C(F)(F)F)[C@H](OC(C)=O)[C@@H]1OC(C)=O. The van der Waals surface area contributed by atoms with E-state index in [0.29, 0.717) is 0 Å². The summed E-state index contributed by atoms with van der Waals surface area (Å²) in [6.07, 6.45) is -12.0. The van der Waals surface area contributed by atoms with Gasteiger partial charge in [0.1, 0.15) is 18.8 Å². The largest absolute Gasteiger partial charge is 0.471 e. The molecule has 1 heterocycles. The molecule has 1 rings (SSSR count). The minimum absolute atomic E-state index is 0.594. The van der Waals surface area contributed by atoms with Crippen LogP contribution in [0.1, 0.15) is 27.7 Å². The molecule has 0 bridgehead atoms. The first-order chi connectivity index (χ1) is 13.7. The normalized spacial score (nSPS) is 26.2. The van der Waals surface area contributed by atoms with Crippen LogP contribution in [-0.2, 0) is 47.7 Å². The highest BCUT2D eigenvalue weighted by atomic mass is 19.4. The fraction of sp³-hybridized carbons (Fsp3) is 0.688. The van der Waals surface area contributed by atoms with E-state index >= 15 is 0 Å². The van der Waals surface area contributed by atoms with Gasteiger partial charge >= 0.3 is 36.0 Å². The van der Waals surface area contributed by atoms with Crippen molar-refractivity contribution in [1.29, 1.82) is 0 Å². The number of halogens is 3. The minimum Gasteiger partial charge on any atom is -0.463 e. The number of rotatable bonds is 6. The van der Waals surface area contributed by atoms with Crippen LogP contribution in [0.3, 0.4) is 0 Å². The summed E-state index contributed by atoms with van der Waals surface area (Å²) in [5.41, 5.74) is 0. The molecule has 0 aliphatic carbocycles. The van der Waals surface area contributed by atoms with Gasteiger partial charge in [0, 0.05) is 27.7 Å². The van der Waals surface area contributed by atoms with Crippen molar-refractivity contribution < 1.29 is 60.8 Å². The van der Waals surface area contributed by atoms with E-state index in [0.717, 1.165) is 27.7 Å². The summed E-state index contributed by atoms with van der Waals surface area (Å²) in [7, 11) is 0. The number of nitrogens with one attached hydrogen (secondary N) is 1. The van der Waals surface area contributed by atoms with E-state index in [1.165, 1.54) is 5.32 Å². The number of esters is 4. The highest BCUT2D eigenvalue weighted by molar-refractivity contribution is 5.82. The second-order valence-electron chi connectivity index (χ2n) is 6.10. The van der Waals surface area contributed by atoms with Crippen molar-refractivity contribution in [3.63, 3.8) is 0 Å². The molecule has 0 aromatic heterocycles. The van der Waals surface area contributed by atoms with E-state index in [1.807, 2.05) is 0 Å². The summed E-state index contributed by atoms with van der Waals surface area (Å²) >= 11 is 0. The van der Waals surface area contributed by atoms with Crippen LogP contribution < -0.4 is 5.32 Å². The predicted octanol–water partition coefficient (Wildman–Crippen LogP) is -0.252. The first-order valence-electron chi connectivity index (χ1n) is 8.40. The second kappa shape index (κ2) is 10.2. The zero-order valence-electron chi connectivity index (χ0n) is 16.3. The van der Waals surface area contributed by atoms with E-state index in [9.17, 15) is 37.1 Å². The molecule has 1 aliphatic heterocycles. The topological polar surface area (TPSA) is 144 Å². The second-order valence-corrected chi connectivity index (χ2v) is 6.10. The molecule has 0 saturated carbocycles. The van der Waals surface area contributed by atoms with Gasteiger partial charge in [-0.25, -0.2) is 0 Å². The molecule has 11 nitrogen and oxygen atoms in total. The van der Waals surface area contributed by atoms with Gasteiger partial charge in [-0.05, 0) is 0 Å². The van der Waals surface area contributed by atoms with Crippen LogP contribution in [0, 0.1) is 0 Å². The van der Waals surface area contributed by atoms with Gasteiger partial charge in [0.15, 0.2) is 12.2 Å². The minimum atomic E-state index is -5.34. The van der Waals surface area contributed by atoms with Crippen LogP contribution in [0.2, 0.25) is 0 Å². The van der Waals surface area contributed by atoms with Crippen LogP contribution in [-0.4, -0.2) is 73.2 Å². The summed E-state index contributed by atoms with van der Waals surface area (Å²) < 4.78 is 63.2. The Bertz CT molecular complexity index is 695. The van der Waals surface area contributed by atoms with Gasteiger partial charge in [-0.3, -0.25) is 24.0 Å². The molecule has 1 aliphatic rings. The van der Waals surface area contributed by atoms with Gasteiger partial charge in [-0.15, -0.1) is 0 Å². The van der Waals surface area contributed by atoms with Crippen LogP contribution >= 0.6 is 0 Å². The molecule has 0 aromatic rings. The summed E-state index contributed by atoms with van der Waals surface area (Å²) in [5.74, 6) is -6.20. The monoisotopic (exact) mass is 443 g/mol. The van der Waals surface area contributed by atoms with E-state index in [1.54, 1.807) is 0 Å². The zero-order valence-corrected chi connectivity index (χ0v) is 16.3. The van der Waals surface area contributed by atoms with Crippen LogP contribution in [0.5, 0.6) is 0 Å². The third-order valence-electron chi connectivity index (χ3n) is 3.54. The third kappa shape index (κ3) is 7.50. The molecule has 30 heavy (non-hydrogen) atoms. The maximum absolute atomic E-state index is 12.8. The van der Waals surface area contributed by atoms with Crippen molar-refractivity contribution in [1.82, 2.24) is 5.32 Å². The number of carbonyl (C=O) groups excluding carboxylic acids is 5. The number of hydrogen-bond donors (Lipinski definition) is 1. The number of alkyl halides is 3. The van der Waals surface area contributed by atoms with Crippen molar-refractivity contribution in [2.75, 3.05) is 6.61 Å². The Kier molecular flexibility index (Phi) is 8.57. The lowest BCUT2D eigenvalue weighted by Gasteiger charge is -2.44. The van der Waals surface area contributed by atoms with E-state index in [-0.39, 0.29) is 0 Å². The molecular formula is C16H20F3NO10. The number of amides is 1. The Morgan fingerprint density at radius 2 is 1.33 bits per heavy atom. The van der Waals surface area contributed by atoms with E-state index in [2.05, 4.69) is 0 Å². The Labute approximate surface area is 168 Å². The molecule has 170 valence electrons. The molecule has 1 amide bonds. The fourth-order valence-electron chi connectivity index (χ4n) is 2.55. The van der Waals surface area contributed by atoms with Crippen molar-refractivity contribution >= 4 is 29.8 Å². The predicted molar refractivity (Wildman–Crippen MR) is 86.2 cm³/mol. The summed E-state index contributed by atoms with van der Waals surface area (Å²) in [4.78, 5) is 57.0. The molecule has 1 saturated heterocycles. The zero-order chi connectivity index (χ0) is 23.2. The Morgan fingerprint density at radius 3 is 1.77 bits per heavy atom. The lowest BCUT2D eigenvalue weighted by molar-refractivity contribution is -0.272. The first-order valence-corrected chi connectivity index (χ1v) is 8.40. The molecule has 0 spiro atoms. The summed E-state index contributed by atoms with van der Waals surface area (Å²) in [5, 5.41) is 1.52. The maximum atomic E-state index is 12.8. The molecule has 0 aromatic carbocycles. The van der Waals surface area contributed by atoms with Gasteiger partial charge in [-0.2, -0.15) is 13.2 Å². The van der Waals surface area contributed by atoms with Gasteiger partial charge in [0.2, 0.25) is 6.29 Å². The van der Waals surface area contributed by atoms with Gasteiger partial charge in [0.05, 0.1) is 0 Å². The molecule has 1 fully saturated rings. The lowest BCUT2D eigenvalue weighted by Crippen LogP contribution is -2.67. The number of ether oxygens (including phenoxy) is 5. The highest BCUT2D eigenvalue weighted by Crippen LogP contribution is 2.29. The average molecular weight is 443 g/mol. The van der Waals surface area contributed by atoms with Gasteiger partial charge < -0.3 is 29.0 Å².